The normalized spacial score (nSPS) is 11.1. The first-order valence-electron chi connectivity index (χ1n) is 5.68. The summed E-state index contributed by atoms with van der Waals surface area (Å²) < 4.78 is 0. The lowest BCUT2D eigenvalue weighted by Crippen LogP contribution is -2.03. The van der Waals surface area contributed by atoms with Crippen molar-refractivity contribution in [2.24, 2.45) is 0 Å². The van der Waals surface area contributed by atoms with Gasteiger partial charge in [0.05, 0.1) is 16.1 Å². The van der Waals surface area contributed by atoms with E-state index >= 15 is 0 Å². The first-order valence-corrected chi connectivity index (χ1v) is 5.68. The van der Waals surface area contributed by atoms with E-state index in [9.17, 15) is 20.0 Å². The van der Waals surface area contributed by atoms with Crippen LogP contribution < -0.4 is 0 Å². The third kappa shape index (κ3) is 2.86. The quantitative estimate of drug-likeness (QED) is 0.523. The number of para-hydroxylation sites is 1. The second-order valence-electron chi connectivity index (χ2n) is 3.92. The Kier molecular flexibility index (Phi) is 3.85. The molecule has 0 spiro atoms. The number of carboxylic acids is 1. The molecule has 2 rings (SSSR count). The van der Waals surface area contributed by atoms with Crippen molar-refractivity contribution in [3.8, 4) is 0 Å². The summed E-state index contributed by atoms with van der Waals surface area (Å²) in [5, 5.41) is 20.3. The second-order valence-corrected chi connectivity index (χ2v) is 3.92. The zero-order chi connectivity index (χ0) is 14.5. The molecule has 20 heavy (non-hydrogen) atoms. The summed E-state index contributed by atoms with van der Waals surface area (Å²) in [7, 11) is 0. The molecule has 0 radical (unpaired) electrons. The molecular weight excluding hydrogens is 260 g/mol. The van der Waals surface area contributed by atoms with E-state index in [0.29, 0.717) is 5.56 Å². The minimum absolute atomic E-state index is 0.0638. The average Bonchev–Trinajstić information content (AvgIpc) is 2.45. The Bertz CT molecular complexity index is 681. The van der Waals surface area contributed by atoms with Crippen LogP contribution in [0.5, 0.6) is 0 Å². The van der Waals surface area contributed by atoms with Crippen LogP contribution in [0.4, 0.5) is 5.69 Å². The molecule has 0 aliphatic carbocycles. The first-order chi connectivity index (χ1) is 9.59. The van der Waals surface area contributed by atoms with Gasteiger partial charge in [-0.25, -0.2) is 4.79 Å². The molecule has 0 saturated heterocycles. The highest BCUT2D eigenvalue weighted by atomic mass is 16.6. The molecule has 0 aliphatic rings. The molecule has 1 aromatic carbocycles. The Morgan fingerprint density at radius 2 is 2.00 bits per heavy atom. The van der Waals surface area contributed by atoms with Crippen LogP contribution in [0.1, 0.15) is 11.1 Å². The van der Waals surface area contributed by atoms with Crippen LogP contribution in [0.2, 0.25) is 0 Å². The van der Waals surface area contributed by atoms with Crippen LogP contribution in [0, 0.1) is 10.1 Å². The number of nitro groups is 1. The molecule has 0 fully saturated rings. The zero-order valence-electron chi connectivity index (χ0n) is 10.3. The van der Waals surface area contributed by atoms with Crippen molar-refractivity contribution in [3.63, 3.8) is 0 Å². The summed E-state index contributed by atoms with van der Waals surface area (Å²) in [6.45, 7) is 0. The van der Waals surface area contributed by atoms with Gasteiger partial charge in [0.25, 0.3) is 5.69 Å². The first kappa shape index (κ1) is 13.4. The lowest BCUT2D eigenvalue weighted by atomic mass is 10.0. The fourth-order valence-corrected chi connectivity index (χ4v) is 1.74. The lowest BCUT2D eigenvalue weighted by Gasteiger charge is -2.04. The number of nitro benzene ring substituents is 1. The van der Waals surface area contributed by atoms with Crippen molar-refractivity contribution >= 4 is 23.3 Å². The van der Waals surface area contributed by atoms with Crippen molar-refractivity contribution in [3.05, 3.63) is 70.0 Å². The number of aromatic nitrogens is 1. The molecule has 1 heterocycles. The second kappa shape index (κ2) is 5.75. The number of hydrogen-bond acceptors (Lipinski definition) is 4. The third-order valence-electron chi connectivity index (χ3n) is 2.62. The minimum atomic E-state index is -1.23. The molecule has 1 aromatic heterocycles. The lowest BCUT2D eigenvalue weighted by molar-refractivity contribution is -0.385. The van der Waals surface area contributed by atoms with Crippen LogP contribution in [0.3, 0.4) is 0 Å². The molecule has 6 heteroatoms. The molecule has 0 saturated carbocycles. The highest BCUT2D eigenvalue weighted by molar-refractivity contribution is 6.21. The molecule has 100 valence electrons. The van der Waals surface area contributed by atoms with Gasteiger partial charge >= 0.3 is 5.97 Å². The molecule has 0 unspecified atom stereocenters. The van der Waals surface area contributed by atoms with Gasteiger partial charge < -0.3 is 5.11 Å². The van der Waals surface area contributed by atoms with Crippen molar-refractivity contribution in [1.82, 2.24) is 4.98 Å². The number of pyridine rings is 1. The molecule has 0 amide bonds. The van der Waals surface area contributed by atoms with Gasteiger partial charge in [-0.2, -0.15) is 0 Å². The van der Waals surface area contributed by atoms with E-state index < -0.39 is 10.9 Å². The summed E-state index contributed by atoms with van der Waals surface area (Å²) in [5.74, 6) is -1.23. The van der Waals surface area contributed by atoms with Gasteiger partial charge in [-0.15, -0.1) is 0 Å². The van der Waals surface area contributed by atoms with E-state index in [0.717, 1.165) is 0 Å². The Hall–Kier alpha value is -3.02. The molecule has 6 nitrogen and oxygen atoms in total. The predicted octanol–water partition coefficient (Wildman–Crippen LogP) is 2.62. The van der Waals surface area contributed by atoms with E-state index in [1.807, 2.05) is 0 Å². The predicted molar refractivity (Wildman–Crippen MR) is 72.8 cm³/mol. The maximum atomic E-state index is 11.4. The van der Waals surface area contributed by atoms with Crippen LogP contribution in [-0.2, 0) is 4.79 Å². The maximum Gasteiger partial charge on any atom is 0.336 e. The molecule has 0 bridgehead atoms. The number of carboxylic acid groups (broad SMARTS) is 1. The Balaban J connectivity index is 2.59. The number of carbonyl (C=O) groups is 1. The van der Waals surface area contributed by atoms with Crippen molar-refractivity contribution in [1.29, 1.82) is 0 Å². The van der Waals surface area contributed by atoms with Crippen molar-refractivity contribution in [2.75, 3.05) is 0 Å². The summed E-state index contributed by atoms with van der Waals surface area (Å²) >= 11 is 0. The summed E-state index contributed by atoms with van der Waals surface area (Å²) in [5.41, 5.74) is 0.229. The van der Waals surface area contributed by atoms with E-state index in [1.54, 1.807) is 24.4 Å². The summed E-state index contributed by atoms with van der Waals surface area (Å²) in [6.07, 6.45) is 4.40. The van der Waals surface area contributed by atoms with Gasteiger partial charge in [0.2, 0.25) is 0 Å². The minimum Gasteiger partial charge on any atom is -0.478 e. The number of aliphatic carboxylic acids is 1. The SMILES string of the molecule is O=C(O)/C(=C\c1cccnc1)c1ccccc1[N+](=O)[O-]. The van der Waals surface area contributed by atoms with E-state index in [1.165, 1.54) is 30.5 Å². The third-order valence-corrected chi connectivity index (χ3v) is 2.62. The van der Waals surface area contributed by atoms with Crippen LogP contribution in [0.15, 0.2) is 48.8 Å². The fourth-order valence-electron chi connectivity index (χ4n) is 1.74. The molecular formula is C14H10N2O4. The molecule has 1 N–H and O–H groups in total. The summed E-state index contributed by atoms with van der Waals surface area (Å²) in [4.78, 5) is 25.6. The number of hydrogen-bond donors (Lipinski definition) is 1. The highest BCUT2D eigenvalue weighted by Crippen LogP contribution is 2.27. The molecule has 0 atom stereocenters. The zero-order valence-corrected chi connectivity index (χ0v) is 10.3. The van der Waals surface area contributed by atoms with Gasteiger partial charge in [-0.1, -0.05) is 18.2 Å². The Labute approximate surface area is 114 Å². The van der Waals surface area contributed by atoms with Gasteiger partial charge in [0, 0.05) is 18.5 Å². The van der Waals surface area contributed by atoms with Crippen molar-refractivity contribution in [2.45, 2.75) is 0 Å². The van der Waals surface area contributed by atoms with E-state index in [-0.39, 0.29) is 16.8 Å². The number of nitrogens with zero attached hydrogens (tertiary/aromatic N) is 2. The van der Waals surface area contributed by atoms with Gasteiger partial charge in [0.1, 0.15) is 0 Å². The largest absolute Gasteiger partial charge is 0.478 e. The number of rotatable bonds is 4. The Morgan fingerprint density at radius 3 is 2.60 bits per heavy atom. The molecule has 2 aromatic rings. The monoisotopic (exact) mass is 270 g/mol. The summed E-state index contributed by atoms with van der Waals surface area (Å²) in [6, 6.07) is 9.06. The average molecular weight is 270 g/mol. The van der Waals surface area contributed by atoms with Crippen LogP contribution in [0.25, 0.3) is 11.6 Å². The molecule has 0 aliphatic heterocycles. The topological polar surface area (TPSA) is 93.3 Å². The number of benzene rings is 1. The van der Waals surface area contributed by atoms with E-state index in [4.69, 9.17) is 0 Å². The van der Waals surface area contributed by atoms with E-state index in [2.05, 4.69) is 4.98 Å². The standard InChI is InChI=1S/C14H10N2O4/c17-14(18)12(8-10-4-3-7-15-9-10)11-5-1-2-6-13(11)16(19)20/h1-9H,(H,17,18)/b12-8-. The fraction of sp³-hybridized carbons (Fsp3) is 0. The van der Waals surface area contributed by atoms with Gasteiger partial charge in [-0.05, 0) is 23.8 Å². The smallest absolute Gasteiger partial charge is 0.336 e. The Morgan fingerprint density at radius 1 is 1.25 bits per heavy atom. The highest BCUT2D eigenvalue weighted by Gasteiger charge is 2.20. The van der Waals surface area contributed by atoms with Gasteiger partial charge in [-0.3, -0.25) is 15.1 Å². The van der Waals surface area contributed by atoms with Crippen molar-refractivity contribution < 1.29 is 14.8 Å². The van der Waals surface area contributed by atoms with Crippen LogP contribution >= 0.6 is 0 Å². The van der Waals surface area contributed by atoms with Crippen LogP contribution in [-0.4, -0.2) is 21.0 Å². The van der Waals surface area contributed by atoms with Gasteiger partial charge in [0.15, 0.2) is 0 Å². The maximum absolute atomic E-state index is 11.4.